The maximum absolute atomic E-state index is 11.2. The van der Waals surface area contributed by atoms with Crippen LogP contribution < -0.4 is 0 Å². The number of carboxylic acids is 2. The summed E-state index contributed by atoms with van der Waals surface area (Å²) in [5, 5.41) is 72.1. The number of aromatic carboxylic acids is 2. The number of carbonyl (C=O) groups is 4. The van der Waals surface area contributed by atoms with Crippen LogP contribution in [0.25, 0.3) is 0 Å². The number of phenolic OH excluding ortho intramolecular Hbond substituents is 2. The van der Waals surface area contributed by atoms with Crippen LogP contribution in [0.1, 0.15) is 102 Å². The second-order valence-electron chi connectivity index (χ2n) is 13.7. The van der Waals surface area contributed by atoms with E-state index in [1.54, 1.807) is 45.9 Å². The van der Waals surface area contributed by atoms with Gasteiger partial charge in [-0.05, 0) is 165 Å². The third-order valence-corrected chi connectivity index (χ3v) is 8.90. The molecule has 364 valence electrons. The molecule has 0 aliphatic carbocycles. The van der Waals surface area contributed by atoms with E-state index in [4.69, 9.17) is 39.8 Å². The summed E-state index contributed by atoms with van der Waals surface area (Å²) in [6.45, 7) is 16.4. The largest absolute Gasteiger partial charge is 0.507 e. The number of ether oxygens (including phenoxy) is 2. The molecule has 0 amide bonds. The second kappa shape index (κ2) is 34.3. The van der Waals surface area contributed by atoms with Crippen molar-refractivity contribution in [3.8, 4) is 59.5 Å². The van der Waals surface area contributed by atoms with Crippen LogP contribution in [0, 0.1) is 43.7 Å². The number of alkyl halides is 1. The molecule has 4 aromatic carbocycles. The minimum Gasteiger partial charge on any atom is -0.507 e. The molecule has 0 saturated heterocycles. The van der Waals surface area contributed by atoms with Crippen LogP contribution in [0.15, 0.2) is 72.8 Å². The zero-order valence-corrected chi connectivity index (χ0v) is 42.8. The Morgan fingerprint density at radius 2 is 0.955 bits per heavy atom. The van der Waals surface area contributed by atoms with Gasteiger partial charge in [-0.2, -0.15) is 0 Å². The summed E-state index contributed by atoms with van der Waals surface area (Å²) in [5.74, 6) is 5.59. The van der Waals surface area contributed by atoms with E-state index >= 15 is 0 Å². The maximum Gasteiger partial charge on any atom is 0.341 e. The number of hydrogen-bond acceptors (Lipinski definition) is 13. The second-order valence-corrected chi connectivity index (χ2v) is 16.1. The third-order valence-electron chi connectivity index (χ3n) is 7.56. The fourth-order valence-corrected chi connectivity index (χ4v) is 5.01. The number of methoxy groups -OCH3 is 2. The van der Waals surface area contributed by atoms with E-state index in [2.05, 4.69) is 58.8 Å². The number of aromatic hydroxyl groups is 4. The molecule has 4 rings (SSSR count). The molecule has 8 N–H and O–H groups in total. The molecule has 0 aromatic heterocycles. The van der Waals surface area contributed by atoms with Crippen molar-refractivity contribution in [2.75, 3.05) is 41.0 Å². The van der Waals surface area contributed by atoms with Crippen molar-refractivity contribution in [1.82, 2.24) is 4.90 Å². The molecule has 0 fully saturated rings. The highest BCUT2D eigenvalue weighted by Crippen LogP contribution is 2.22. The first-order valence-corrected chi connectivity index (χ1v) is 21.5. The van der Waals surface area contributed by atoms with Crippen LogP contribution in [0.2, 0.25) is 0 Å². The molecule has 4 aromatic rings. The summed E-state index contributed by atoms with van der Waals surface area (Å²) in [6, 6.07) is 17.5. The molecule has 0 spiro atoms. The van der Waals surface area contributed by atoms with Gasteiger partial charge in [0.2, 0.25) is 0 Å². The molecule has 0 aliphatic rings. The summed E-state index contributed by atoms with van der Waals surface area (Å²) in [4.78, 5) is 45.3. The van der Waals surface area contributed by atoms with Crippen molar-refractivity contribution < 1.29 is 75.3 Å². The van der Waals surface area contributed by atoms with Gasteiger partial charge in [0.25, 0.3) is 0 Å². The van der Waals surface area contributed by atoms with Crippen LogP contribution in [-0.2, 0) is 9.47 Å². The van der Waals surface area contributed by atoms with E-state index in [0.29, 0.717) is 11.1 Å². The fourth-order valence-electron chi connectivity index (χ4n) is 4.06. The van der Waals surface area contributed by atoms with Crippen LogP contribution in [0.4, 0.5) is 4.39 Å². The standard InChI is InChI=1S/C13H14O4.C9H6O3.C8H7IO3.C7H5IO3.C6H15N.C5H8O.CH3F/c1-13(2,16)7-6-9-4-5-10(11(14)8-9)12(15)17-3;1-2-6-3-4-7(9(11)12)8(10)5-6;1-12-8(11)6-3-2-5(9)4-7(6)10;8-4-1-2-5(7(10)11)6(9)3-4;1-4-7(5-2)6-3;1-4-5(2,3)6;1-2/h4-5,8,14,16H,1-3H3;1,3-5,10H,(H,11,12);2-4,10H,1H3;1-3,9H,(H,10,11);4-6H2,1-3H3;1,6H,2-3H3;1H3/i;;;;;;1D. The molecule has 0 atom stereocenters. The molecule has 0 radical (unpaired) electrons. The predicted octanol–water partition coefficient (Wildman–Crippen LogP) is 8.18. The molecule has 15 nitrogen and oxygen atoms in total. The summed E-state index contributed by atoms with van der Waals surface area (Å²) >= 11 is 4.04. The van der Waals surface area contributed by atoms with Crippen molar-refractivity contribution >= 4 is 69.1 Å². The highest BCUT2D eigenvalue weighted by Gasteiger charge is 2.13. The number of esters is 2. The molecule has 0 saturated carbocycles. The molecule has 0 aliphatic heterocycles. The van der Waals surface area contributed by atoms with Crippen LogP contribution >= 0.6 is 45.2 Å². The minimum absolute atomic E-state index is 0.0475. The van der Waals surface area contributed by atoms with Gasteiger partial charge < -0.3 is 55.2 Å². The van der Waals surface area contributed by atoms with Gasteiger partial charge in [0.05, 0.1) is 22.7 Å². The van der Waals surface area contributed by atoms with E-state index < -0.39 is 42.2 Å². The number of aliphatic hydroxyl groups is 2. The first kappa shape index (κ1) is 63.0. The number of benzene rings is 4. The topological polar surface area (TPSA) is 252 Å². The van der Waals surface area contributed by atoms with Crippen molar-refractivity contribution in [2.45, 2.75) is 59.7 Å². The van der Waals surface area contributed by atoms with E-state index in [1.807, 2.05) is 45.2 Å². The van der Waals surface area contributed by atoms with Gasteiger partial charge in [0, 0.05) is 18.3 Å². The summed E-state index contributed by atoms with van der Waals surface area (Å²) in [7, 11) is 1.52. The molecule has 0 unspecified atom stereocenters. The van der Waals surface area contributed by atoms with Crippen molar-refractivity contribution in [3.63, 3.8) is 0 Å². The van der Waals surface area contributed by atoms with E-state index in [0.717, 1.165) is 7.14 Å². The average molecular weight is 1160 g/mol. The fraction of sp³-hybridized carbons (Fsp3) is 0.306. The van der Waals surface area contributed by atoms with Crippen LogP contribution in [0.3, 0.4) is 0 Å². The van der Waals surface area contributed by atoms with Crippen LogP contribution in [0.5, 0.6) is 23.0 Å². The lowest BCUT2D eigenvalue weighted by Gasteiger charge is -2.13. The Kier molecular flexibility index (Phi) is 32.2. The predicted molar refractivity (Wildman–Crippen MR) is 271 cm³/mol. The summed E-state index contributed by atoms with van der Waals surface area (Å²) < 4.78 is 26.1. The average Bonchev–Trinajstić information content (AvgIpc) is 3.26. The number of hydrogen-bond donors (Lipinski definition) is 8. The Labute approximate surface area is 420 Å². The lowest BCUT2D eigenvalue weighted by Crippen LogP contribution is -2.21. The highest BCUT2D eigenvalue weighted by atomic mass is 127. The maximum atomic E-state index is 11.2. The molecule has 18 heteroatoms. The highest BCUT2D eigenvalue weighted by molar-refractivity contribution is 14.1. The zero-order valence-electron chi connectivity index (χ0n) is 39.5. The Bertz CT molecular complexity index is 2370. The number of carboxylic acid groups (broad SMARTS) is 2. The van der Waals surface area contributed by atoms with Crippen LogP contribution in [-0.4, -0.2) is 122 Å². The Morgan fingerprint density at radius 3 is 1.22 bits per heavy atom. The third kappa shape index (κ3) is 29.2. The number of rotatable bonds is 7. The molecular weight excluding hydrogens is 1100 g/mol. The van der Waals surface area contributed by atoms with E-state index in [9.17, 15) is 38.9 Å². The first-order valence-electron chi connectivity index (χ1n) is 20.0. The van der Waals surface area contributed by atoms with Crippen molar-refractivity contribution in [1.29, 1.82) is 0 Å². The Hall–Kier alpha value is -6.09. The lowest BCUT2D eigenvalue weighted by atomic mass is 10.1. The number of carbonyl (C=O) groups excluding carboxylic acids is 2. The van der Waals surface area contributed by atoms with Gasteiger partial charge in [-0.1, -0.05) is 44.5 Å². The SMILES string of the molecule is C#CC(C)(C)O.C#Cc1ccc(C(=O)O)c(O)c1.CCN(CC)CC.COC(=O)c1ccc(C#CC(C)(C)O)cc1O.COC(=O)c1ccc(I)cc1O.O=C(O)c1ccc(I)cc1O.[2H]CF. The minimum atomic E-state index is -1.17. The number of halogens is 3. The molecule has 67 heavy (non-hydrogen) atoms. The Balaban J connectivity index is -0.000000757. The van der Waals surface area contributed by atoms with E-state index in [-0.39, 0.29) is 45.3 Å². The number of nitrogens with zero attached hydrogens (tertiary/aromatic N) is 1. The van der Waals surface area contributed by atoms with Gasteiger partial charge in [-0.25, -0.2) is 19.2 Å². The van der Waals surface area contributed by atoms with E-state index in [1.165, 1.54) is 88.5 Å². The van der Waals surface area contributed by atoms with Gasteiger partial charge in [-0.3, -0.25) is 4.39 Å². The van der Waals surface area contributed by atoms with Crippen molar-refractivity contribution in [2.24, 2.45) is 0 Å². The normalized spacial score (nSPS) is 9.78. The zero-order chi connectivity index (χ0) is 53.4. The Morgan fingerprint density at radius 1 is 0.642 bits per heavy atom. The molecule has 0 bridgehead atoms. The van der Waals surface area contributed by atoms with Gasteiger partial charge in [-0.15, -0.1) is 12.8 Å². The summed E-state index contributed by atoms with van der Waals surface area (Å²) in [5.41, 5.74) is -0.996. The lowest BCUT2D eigenvalue weighted by molar-refractivity contribution is 0.0588. The smallest absolute Gasteiger partial charge is 0.341 e. The number of phenols is 4. The monoisotopic (exact) mass is 1160 g/mol. The quantitative estimate of drug-likeness (QED) is 0.0494. The summed E-state index contributed by atoms with van der Waals surface area (Å²) in [6.07, 6.45) is 9.84. The van der Waals surface area contributed by atoms with Gasteiger partial charge in [0.1, 0.15) is 56.5 Å². The van der Waals surface area contributed by atoms with Gasteiger partial charge >= 0.3 is 23.9 Å². The first-order chi connectivity index (χ1) is 31.6. The van der Waals surface area contributed by atoms with Gasteiger partial charge in [0.15, 0.2) is 0 Å². The molecular formula is C49H58FI2NO14. The van der Waals surface area contributed by atoms with Crippen molar-refractivity contribution in [3.05, 3.63) is 113 Å². The number of terminal acetylenes is 2. The molecule has 0 heterocycles.